The minimum absolute atomic E-state index is 0.274. The van der Waals surface area contributed by atoms with Gasteiger partial charge in [-0.15, -0.1) is 0 Å². The summed E-state index contributed by atoms with van der Waals surface area (Å²) < 4.78 is 0. The van der Waals surface area contributed by atoms with E-state index < -0.39 is 0 Å². The Kier molecular flexibility index (Phi) is 5.65. The number of rotatable bonds is 4. The van der Waals surface area contributed by atoms with Gasteiger partial charge in [0.15, 0.2) is 0 Å². The van der Waals surface area contributed by atoms with E-state index in [-0.39, 0.29) is 5.91 Å². The van der Waals surface area contributed by atoms with Crippen molar-refractivity contribution in [3.05, 3.63) is 0 Å². The zero-order chi connectivity index (χ0) is 11.9. The molecule has 17 heavy (non-hydrogen) atoms. The second-order valence-corrected chi connectivity index (χ2v) is 6.36. The fraction of sp³-hybridized carbons (Fsp3) is 0.923. The molecule has 1 amide bonds. The third-order valence-corrected chi connectivity index (χ3v) is 4.98. The van der Waals surface area contributed by atoms with Crippen LogP contribution in [0.3, 0.4) is 0 Å². The van der Waals surface area contributed by atoms with Crippen molar-refractivity contribution in [2.24, 2.45) is 5.92 Å². The molecular formula is C13H24N2OS. The van der Waals surface area contributed by atoms with Gasteiger partial charge in [0, 0.05) is 18.2 Å². The molecule has 2 N–H and O–H groups in total. The van der Waals surface area contributed by atoms with Gasteiger partial charge in [-0.1, -0.05) is 0 Å². The summed E-state index contributed by atoms with van der Waals surface area (Å²) >= 11 is 1.97. The highest BCUT2D eigenvalue weighted by Crippen LogP contribution is 2.19. The summed E-state index contributed by atoms with van der Waals surface area (Å²) in [5, 5.41) is 6.55. The molecule has 0 radical (unpaired) electrons. The Bertz CT molecular complexity index is 236. The minimum atomic E-state index is 0.274. The molecular weight excluding hydrogens is 232 g/mol. The molecule has 1 unspecified atom stereocenters. The lowest BCUT2D eigenvalue weighted by Crippen LogP contribution is -2.38. The number of piperidine rings is 1. The standard InChI is InChI=1S/C13H24N2OS/c16-13(15-12-2-1-9-17-10-12)4-3-11-5-7-14-8-6-11/h11-12,14H,1-10H2,(H,15,16). The van der Waals surface area contributed by atoms with Gasteiger partial charge in [-0.3, -0.25) is 4.79 Å². The molecule has 2 saturated heterocycles. The SMILES string of the molecule is O=C(CCC1CCNCC1)NC1CCCSC1. The number of thioether (sulfide) groups is 1. The highest BCUT2D eigenvalue weighted by molar-refractivity contribution is 7.99. The maximum absolute atomic E-state index is 11.8. The van der Waals surface area contributed by atoms with Crippen LogP contribution in [0.2, 0.25) is 0 Å². The lowest BCUT2D eigenvalue weighted by atomic mass is 9.93. The first kappa shape index (κ1) is 13.2. The number of hydrogen-bond donors (Lipinski definition) is 2. The molecule has 0 bridgehead atoms. The summed E-state index contributed by atoms with van der Waals surface area (Å²) in [7, 11) is 0. The highest BCUT2D eigenvalue weighted by Gasteiger charge is 2.18. The maximum Gasteiger partial charge on any atom is 0.220 e. The van der Waals surface area contributed by atoms with Crippen molar-refractivity contribution in [2.75, 3.05) is 24.6 Å². The van der Waals surface area contributed by atoms with Gasteiger partial charge in [-0.2, -0.15) is 11.8 Å². The second kappa shape index (κ2) is 7.27. The van der Waals surface area contributed by atoms with Gasteiger partial charge >= 0.3 is 0 Å². The molecule has 0 aromatic rings. The zero-order valence-electron chi connectivity index (χ0n) is 10.5. The Morgan fingerprint density at radius 1 is 1.29 bits per heavy atom. The van der Waals surface area contributed by atoms with Gasteiger partial charge < -0.3 is 10.6 Å². The maximum atomic E-state index is 11.8. The molecule has 2 heterocycles. The minimum Gasteiger partial charge on any atom is -0.353 e. The van der Waals surface area contributed by atoms with Gasteiger partial charge in [-0.25, -0.2) is 0 Å². The lowest BCUT2D eigenvalue weighted by molar-refractivity contribution is -0.122. The average molecular weight is 256 g/mol. The Labute approximate surface area is 108 Å². The number of hydrogen-bond acceptors (Lipinski definition) is 3. The Hall–Kier alpha value is -0.220. The lowest BCUT2D eigenvalue weighted by Gasteiger charge is -2.24. The first-order valence-electron chi connectivity index (χ1n) is 6.92. The molecule has 2 aliphatic rings. The van der Waals surface area contributed by atoms with Crippen LogP contribution in [0.5, 0.6) is 0 Å². The van der Waals surface area contributed by atoms with Crippen LogP contribution in [-0.2, 0) is 4.79 Å². The van der Waals surface area contributed by atoms with Crippen molar-refractivity contribution in [3.63, 3.8) is 0 Å². The van der Waals surface area contributed by atoms with E-state index in [0.29, 0.717) is 6.04 Å². The fourth-order valence-corrected chi connectivity index (χ4v) is 3.73. The first-order chi connectivity index (χ1) is 8.34. The number of nitrogens with one attached hydrogen (secondary N) is 2. The predicted octanol–water partition coefficient (Wildman–Crippen LogP) is 1.78. The van der Waals surface area contributed by atoms with E-state index in [0.717, 1.165) is 37.6 Å². The van der Waals surface area contributed by atoms with Crippen molar-refractivity contribution in [2.45, 2.75) is 44.6 Å². The number of amides is 1. The normalized spacial score (nSPS) is 26.7. The predicted molar refractivity (Wildman–Crippen MR) is 73.3 cm³/mol. The van der Waals surface area contributed by atoms with E-state index in [2.05, 4.69) is 10.6 Å². The van der Waals surface area contributed by atoms with E-state index >= 15 is 0 Å². The van der Waals surface area contributed by atoms with E-state index in [1.807, 2.05) is 11.8 Å². The summed E-state index contributed by atoms with van der Waals surface area (Å²) in [4.78, 5) is 11.8. The molecule has 0 aromatic carbocycles. The Morgan fingerprint density at radius 2 is 2.12 bits per heavy atom. The van der Waals surface area contributed by atoms with Crippen molar-refractivity contribution in [3.8, 4) is 0 Å². The molecule has 98 valence electrons. The third kappa shape index (κ3) is 4.88. The molecule has 3 nitrogen and oxygen atoms in total. The Morgan fingerprint density at radius 3 is 2.82 bits per heavy atom. The van der Waals surface area contributed by atoms with E-state index in [1.165, 1.54) is 31.4 Å². The van der Waals surface area contributed by atoms with Gasteiger partial charge in [0.1, 0.15) is 0 Å². The summed E-state index contributed by atoms with van der Waals surface area (Å²) in [5.41, 5.74) is 0. The molecule has 4 heteroatoms. The van der Waals surface area contributed by atoms with Crippen molar-refractivity contribution < 1.29 is 4.79 Å². The van der Waals surface area contributed by atoms with Gasteiger partial charge in [0.05, 0.1) is 0 Å². The van der Waals surface area contributed by atoms with Crippen LogP contribution in [-0.4, -0.2) is 36.5 Å². The van der Waals surface area contributed by atoms with Crippen LogP contribution in [0.1, 0.15) is 38.5 Å². The van der Waals surface area contributed by atoms with Crippen LogP contribution in [0.25, 0.3) is 0 Å². The molecule has 0 aliphatic carbocycles. The quantitative estimate of drug-likeness (QED) is 0.805. The van der Waals surface area contributed by atoms with Gasteiger partial charge in [0.2, 0.25) is 5.91 Å². The molecule has 2 rings (SSSR count). The summed E-state index contributed by atoms with van der Waals surface area (Å²) in [6, 6.07) is 0.439. The van der Waals surface area contributed by atoms with Crippen molar-refractivity contribution in [1.82, 2.24) is 10.6 Å². The highest BCUT2D eigenvalue weighted by atomic mass is 32.2. The average Bonchev–Trinajstić information content (AvgIpc) is 2.39. The van der Waals surface area contributed by atoms with Crippen LogP contribution in [0.4, 0.5) is 0 Å². The Balaban J connectivity index is 1.59. The third-order valence-electron chi connectivity index (χ3n) is 3.76. The largest absolute Gasteiger partial charge is 0.353 e. The van der Waals surface area contributed by atoms with E-state index in [1.54, 1.807) is 0 Å². The second-order valence-electron chi connectivity index (χ2n) is 5.21. The molecule has 0 aromatic heterocycles. The molecule has 2 fully saturated rings. The monoisotopic (exact) mass is 256 g/mol. The van der Waals surface area contributed by atoms with Crippen molar-refractivity contribution in [1.29, 1.82) is 0 Å². The summed E-state index contributed by atoms with van der Waals surface area (Å²) in [5.74, 6) is 3.42. The molecule has 2 aliphatic heterocycles. The molecule has 0 saturated carbocycles. The van der Waals surface area contributed by atoms with Crippen LogP contribution in [0.15, 0.2) is 0 Å². The zero-order valence-corrected chi connectivity index (χ0v) is 11.4. The van der Waals surface area contributed by atoms with E-state index in [4.69, 9.17) is 0 Å². The summed E-state index contributed by atoms with van der Waals surface area (Å²) in [6.07, 6.45) is 6.72. The van der Waals surface area contributed by atoms with Crippen LogP contribution < -0.4 is 10.6 Å². The molecule has 0 spiro atoms. The van der Waals surface area contributed by atoms with Crippen LogP contribution >= 0.6 is 11.8 Å². The van der Waals surface area contributed by atoms with E-state index in [9.17, 15) is 4.79 Å². The topological polar surface area (TPSA) is 41.1 Å². The summed E-state index contributed by atoms with van der Waals surface area (Å²) in [6.45, 7) is 2.26. The number of carbonyl (C=O) groups excluding carboxylic acids is 1. The van der Waals surface area contributed by atoms with Crippen LogP contribution in [0, 0.1) is 5.92 Å². The fourth-order valence-electron chi connectivity index (χ4n) is 2.66. The van der Waals surface area contributed by atoms with Gasteiger partial charge in [-0.05, 0) is 56.9 Å². The van der Waals surface area contributed by atoms with Gasteiger partial charge in [0.25, 0.3) is 0 Å². The van der Waals surface area contributed by atoms with Crippen molar-refractivity contribution >= 4 is 17.7 Å². The smallest absolute Gasteiger partial charge is 0.220 e. The first-order valence-corrected chi connectivity index (χ1v) is 8.08. The number of carbonyl (C=O) groups is 1. The molecule has 1 atom stereocenters.